The number of piperidine rings is 1. The molecule has 0 spiro atoms. The van der Waals surface area contributed by atoms with E-state index in [1.165, 1.54) is 10.4 Å². The number of ether oxygens (including phenoxy) is 1. The third-order valence-corrected chi connectivity index (χ3v) is 7.18. The fourth-order valence-corrected chi connectivity index (χ4v) is 5.03. The van der Waals surface area contributed by atoms with Gasteiger partial charge in [0.05, 0.1) is 17.7 Å². The minimum absolute atomic E-state index is 0.139. The molecule has 0 bridgehead atoms. The lowest BCUT2D eigenvalue weighted by Crippen LogP contribution is -2.45. The van der Waals surface area contributed by atoms with Crippen LogP contribution >= 0.6 is 0 Å². The highest BCUT2D eigenvalue weighted by Crippen LogP contribution is 2.27. The van der Waals surface area contributed by atoms with Crippen LogP contribution in [-0.2, 0) is 14.8 Å². The van der Waals surface area contributed by atoms with Crippen molar-refractivity contribution < 1.29 is 17.9 Å². The van der Waals surface area contributed by atoms with E-state index in [4.69, 9.17) is 4.74 Å². The zero-order valence-corrected chi connectivity index (χ0v) is 18.0. The number of carbonyl (C=O) groups is 1. The molecule has 156 valence electrons. The van der Waals surface area contributed by atoms with Gasteiger partial charge >= 0.3 is 0 Å². The van der Waals surface area contributed by atoms with Crippen LogP contribution in [0, 0.1) is 12.8 Å². The molecule has 0 aromatic heterocycles. The highest BCUT2D eigenvalue weighted by atomic mass is 32.2. The Hall–Kier alpha value is -2.54. The SMILES string of the molecule is COc1ccc(S(=O)(=O)N(CC(=O)N2CCC(C)CC2)c2ccccc2)cc1C. The summed E-state index contributed by atoms with van der Waals surface area (Å²) in [5.74, 6) is 1.04. The number of hydrogen-bond acceptors (Lipinski definition) is 4. The minimum atomic E-state index is -3.92. The molecule has 1 heterocycles. The van der Waals surface area contributed by atoms with Crippen molar-refractivity contribution in [3.63, 3.8) is 0 Å². The molecule has 0 aliphatic carbocycles. The molecule has 29 heavy (non-hydrogen) atoms. The Morgan fingerprint density at radius 1 is 1.14 bits per heavy atom. The lowest BCUT2D eigenvalue weighted by atomic mass is 9.99. The van der Waals surface area contributed by atoms with Crippen LogP contribution in [0.15, 0.2) is 53.4 Å². The summed E-state index contributed by atoms with van der Waals surface area (Å²) in [6.07, 6.45) is 1.89. The van der Waals surface area contributed by atoms with Crippen molar-refractivity contribution in [3.8, 4) is 5.75 Å². The van der Waals surface area contributed by atoms with Crippen LogP contribution in [-0.4, -0.2) is 46.0 Å². The Balaban J connectivity index is 1.93. The zero-order valence-electron chi connectivity index (χ0n) is 17.2. The Bertz CT molecular complexity index is 952. The van der Waals surface area contributed by atoms with Gasteiger partial charge in [-0.2, -0.15) is 0 Å². The number of carbonyl (C=O) groups excluding carboxylic acids is 1. The van der Waals surface area contributed by atoms with Crippen molar-refractivity contribution in [2.24, 2.45) is 5.92 Å². The number of hydrogen-bond donors (Lipinski definition) is 0. The molecular formula is C22H28N2O4S. The predicted molar refractivity (Wildman–Crippen MR) is 114 cm³/mol. The highest BCUT2D eigenvalue weighted by molar-refractivity contribution is 7.92. The normalized spacial score (nSPS) is 15.2. The molecule has 1 aliphatic heterocycles. The maximum absolute atomic E-state index is 13.5. The van der Waals surface area contributed by atoms with Crippen LogP contribution in [0.2, 0.25) is 0 Å². The standard InChI is InChI=1S/C22H28N2O4S/c1-17-11-13-23(14-12-17)22(25)16-24(19-7-5-4-6-8-19)29(26,27)20-9-10-21(28-3)18(2)15-20/h4-10,15,17H,11-14,16H2,1-3H3. The van der Waals surface area contributed by atoms with Crippen LogP contribution in [0.3, 0.4) is 0 Å². The summed E-state index contributed by atoms with van der Waals surface area (Å²) in [5.41, 5.74) is 1.19. The molecule has 2 aromatic carbocycles. The third kappa shape index (κ3) is 4.72. The first-order valence-corrected chi connectivity index (χ1v) is 11.3. The van der Waals surface area contributed by atoms with E-state index in [1.807, 2.05) is 6.07 Å². The molecule has 1 aliphatic rings. The second-order valence-corrected chi connectivity index (χ2v) is 9.40. The van der Waals surface area contributed by atoms with E-state index in [0.29, 0.717) is 30.4 Å². The largest absolute Gasteiger partial charge is 0.496 e. The van der Waals surface area contributed by atoms with Gasteiger partial charge in [-0.25, -0.2) is 8.42 Å². The highest BCUT2D eigenvalue weighted by Gasteiger charge is 2.30. The van der Waals surface area contributed by atoms with Gasteiger partial charge < -0.3 is 9.64 Å². The van der Waals surface area contributed by atoms with E-state index >= 15 is 0 Å². The molecular weight excluding hydrogens is 388 g/mol. The fraction of sp³-hybridized carbons (Fsp3) is 0.409. The van der Waals surface area contributed by atoms with E-state index in [9.17, 15) is 13.2 Å². The van der Waals surface area contributed by atoms with Crippen molar-refractivity contribution in [2.75, 3.05) is 31.0 Å². The lowest BCUT2D eigenvalue weighted by molar-refractivity contribution is -0.130. The molecule has 6 nitrogen and oxygen atoms in total. The fourth-order valence-electron chi connectivity index (χ4n) is 3.53. The van der Waals surface area contributed by atoms with Crippen molar-refractivity contribution in [1.82, 2.24) is 4.90 Å². The molecule has 7 heteroatoms. The van der Waals surface area contributed by atoms with Crippen LogP contribution in [0.1, 0.15) is 25.3 Å². The second-order valence-electron chi connectivity index (χ2n) is 7.54. The first-order chi connectivity index (χ1) is 13.8. The molecule has 1 fully saturated rings. The number of likely N-dealkylation sites (tertiary alicyclic amines) is 1. The van der Waals surface area contributed by atoms with E-state index in [0.717, 1.165) is 18.4 Å². The molecule has 3 rings (SSSR count). The van der Waals surface area contributed by atoms with Crippen LogP contribution in [0.4, 0.5) is 5.69 Å². The lowest BCUT2D eigenvalue weighted by Gasteiger charge is -2.32. The number of benzene rings is 2. The first kappa shape index (κ1) is 21.2. The molecule has 0 atom stereocenters. The topological polar surface area (TPSA) is 66.9 Å². The maximum Gasteiger partial charge on any atom is 0.264 e. The summed E-state index contributed by atoms with van der Waals surface area (Å²) in [6.45, 7) is 5.10. The number of aryl methyl sites for hydroxylation is 1. The van der Waals surface area contributed by atoms with Crippen LogP contribution < -0.4 is 9.04 Å². The van der Waals surface area contributed by atoms with Gasteiger partial charge in [-0.3, -0.25) is 9.10 Å². The van der Waals surface area contributed by atoms with Gasteiger partial charge in [-0.15, -0.1) is 0 Å². The number of rotatable bonds is 6. The predicted octanol–water partition coefficient (Wildman–Crippen LogP) is 3.46. The number of anilines is 1. The van der Waals surface area contributed by atoms with Crippen molar-refractivity contribution in [1.29, 1.82) is 0 Å². The number of para-hydroxylation sites is 1. The Labute approximate surface area is 173 Å². The average Bonchev–Trinajstić information content (AvgIpc) is 2.72. The third-order valence-electron chi connectivity index (χ3n) is 5.41. The minimum Gasteiger partial charge on any atom is -0.496 e. The first-order valence-electron chi connectivity index (χ1n) is 9.83. The second kappa shape index (κ2) is 8.86. The van der Waals surface area contributed by atoms with Gasteiger partial charge in [0.25, 0.3) is 10.0 Å². The van der Waals surface area contributed by atoms with Crippen LogP contribution in [0.5, 0.6) is 5.75 Å². The smallest absolute Gasteiger partial charge is 0.264 e. The van der Waals surface area contributed by atoms with Crippen molar-refractivity contribution in [3.05, 3.63) is 54.1 Å². The average molecular weight is 417 g/mol. The summed E-state index contributed by atoms with van der Waals surface area (Å²) in [6, 6.07) is 13.5. The van der Waals surface area contributed by atoms with Gasteiger partial charge in [-0.05, 0) is 61.6 Å². The zero-order chi connectivity index (χ0) is 21.0. The molecule has 1 saturated heterocycles. The number of nitrogens with zero attached hydrogens (tertiary/aromatic N) is 2. The van der Waals surface area contributed by atoms with Crippen molar-refractivity contribution in [2.45, 2.75) is 31.6 Å². The molecule has 0 radical (unpaired) electrons. The van der Waals surface area contributed by atoms with Crippen molar-refractivity contribution >= 4 is 21.6 Å². The summed E-state index contributed by atoms with van der Waals surface area (Å²) < 4.78 is 33.4. The number of amides is 1. The Morgan fingerprint density at radius 2 is 1.79 bits per heavy atom. The molecule has 0 unspecified atom stereocenters. The van der Waals surface area contributed by atoms with E-state index in [1.54, 1.807) is 55.3 Å². The monoisotopic (exact) mass is 416 g/mol. The summed E-state index contributed by atoms with van der Waals surface area (Å²) in [5, 5.41) is 0. The van der Waals surface area contributed by atoms with E-state index in [2.05, 4.69) is 6.92 Å². The number of sulfonamides is 1. The summed E-state index contributed by atoms with van der Waals surface area (Å²) in [4.78, 5) is 14.8. The van der Waals surface area contributed by atoms with Crippen LogP contribution in [0.25, 0.3) is 0 Å². The Kier molecular flexibility index (Phi) is 6.47. The van der Waals surface area contributed by atoms with Gasteiger partial charge in [0.2, 0.25) is 5.91 Å². The summed E-state index contributed by atoms with van der Waals surface area (Å²) >= 11 is 0. The number of methoxy groups -OCH3 is 1. The van der Waals surface area contributed by atoms with Gasteiger partial charge in [-0.1, -0.05) is 25.1 Å². The van der Waals surface area contributed by atoms with E-state index in [-0.39, 0.29) is 17.3 Å². The quantitative estimate of drug-likeness (QED) is 0.723. The molecule has 0 N–H and O–H groups in total. The Morgan fingerprint density at radius 3 is 2.38 bits per heavy atom. The van der Waals surface area contributed by atoms with Gasteiger partial charge in [0.15, 0.2) is 0 Å². The molecule has 2 aromatic rings. The van der Waals surface area contributed by atoms with Gasteiger partial charge in [0, 0.05) is 13.1 Å². The maximum atomic E-state index is 13.5. The van der Waals surface area contributed by atoms with E-state index < -0.39 is 10.0 Å². The summed E-state index contributed by atoms with van der Waals surface area (Å²) in [7, 11) is -2.37. The molecule has 1 amide bonds. The molecule has 0 saturated carbocycles. The van der Waals surface area contributed by atoms with Gasteiger partial charge in [0.1, 0.15) is 12.3 Å².